The van der Waals surface area contributed by atoms with Crippen LogP contribution in [0, 0.1) is 20.8 Å². The Morgan fingerprint density at radius 3 is 2.35 bits per heavy atom. The van der Waals surface area contributed by atoms with E-state index in [1.807, 2.05) is 25.1 Å². The molecule has 1 aromatic heterocycles. The fourth-order valence-electron chi connectivity index (χ4n) is 2.24. The summed E-state index contributed by atoms with van der Waals surface area (Å²) in [7, 11) is 0. The summed E-state index contributed by atoms with van der Waals surface area (Å²) in [6.07, 6.45) is 0. The van der Waals surface area contributed by atoms with Gasteiger partial charge in [-0.05, 0) is 62.2 Å². The summed E-state index contributed by atoms with van der Waals surface area (Å²) in [4.78, 5) is 4.45. The van der Waals surface area contributed by atoms with Gasteiger partial charge in [-0.3, -0.25) is 0 Å². The SMILES string of the molecule is CCNCc1cc(C)nc(Oc2cc(C)cc(C)c2)c1. The molecule has 0 spiro atoms. The molecule has 2 rings (SSSR count). The molecule has 0 aliphatic carbocycles. The van der Waals surface area contributed by atoms with Crippen LogP contribution in [-0.4, -0.2) is 11.5 Å². The van der Waals surface area contributed by atoms with Gasteiger partial charge in [0.1, 0.15) is 5.75 Å². The number of hydrogen-bond donors (Lipinski definition) is 1. The Balaban J connectivity index is 2.21. The van der Waals surface area contributed by atoms with Crippen LogP contribution in [-0.2, 0) is 6.54 Å². The minimum absolute atomic E-state index is 0.655. The van der Waals surface area contributed by atoms with E-state index in [0.29, 0.717) is 5.88 Å². The Morgan fingerprint density at radius 2 is 1.70 bits per heavy atom. The van der Waals surface area contributed by atoms with Crippen LogP contribution in [0.3, 0.4) is 0 Å². The van der Waals surface area contributed by atoms with Crippen LogP contribution in [0.4, 0.5) is 0 Å². The van der Waals surface area contributed by atoms with Gasteiger partial charge < -0.3 is 10.1 Å². The highest BCUT2D eigenvalue weighted by molar-refractivity contribution is 5.36. The van der Waals surface area contributed by atoms with Crippen molar-refractivity contribution in [2.75, 3.05) is 6.54 Å². The first-order chi connectivity index (χ1) is 9.56. The second-order valence-electron chi connectivity index (χ2n) is 5.16. The van der Waals surface area contributed by atoms with Gasteiger partial charge in [-0.15, -0.1) is 0 Å². The summed E-state index contributed by atoms with van der Waals surface area (Å²) < 4.78 is 5.90. The second kappa shape index (κ2) is 6.53. The molecule has 0 amide bonds. The first kappa shape index (κ1) is 14.5. The highest BCUT2D eigenvalue weighted by Crippen LogP contribution is 2.23. The number of nitrogens with one attached hydrogen (secondary N) is 1. The summed E-state index contributed by atoms with van der Waals surface area (Å²) in [5.74, 6) is 1.50. The summed E-state index contributed by atoms with van der Waals surface area (Å²) >= 11 is 0. The average Bonchev–Trinajstić information content (AvgIpc) is 2.34. The van der Waals surface area contributed by atoms with E-state index < -0.39 is 0 Å². The van der Waals surface area contributed by atoms with Gasteiger partial charge in [0, 0.05) is 18.3 Å². The average molecular weight is 270 g/mol. The van der Waals surface area contributed by atoms with Crippen molar-refractivity contribution in [3.8, 4) is 11.6 Å². The molecule has 20 heavy (non-hydrogen) atoms. The van der Waals surface area contributed by atoms with Gasteiger partial charge in [0.2, 0.25) is 5.88 Å². The third kappa shape index (κ3) is 4.07. The first-order valence-corrected chi connectivity index (χ1v) is 7.01. The number of ether oxygens (including phenoxy) is 1. The third-order valence-electron chi connectivity index (χ3n) is 2.99. The number of rotatable bonds is 5. The zero-order valence-corrected chi connectivity index (χ0v) is 12.7. The van der Waals surface area contributed by atoms with Crippen molar-refractivity contribution in [3.63, 3.8) is 0 Å². The standard InChI is InChI=1S/C17H22N2O/c1-5-18-11-15-9-14(4)19-17(10-15)20-16-7-12(2)6-13(3)8-16/h6-10,18H,5,11H2,1-4H3. The van der Waals surface area contributed by atoms with E-state index in [1.54, 1.807) is 0 Å². The number of nitrogens with zero attached hydrogens (tertiary/aromatic N) is 1. The maximum atomic E-state index is 5.90. The van der Waals surface area contributed by atoms with Crippen LogP contribution in [0.25, 0.3) is 0 Å². The maximum absolute atomic E-state index is 5.90. The minimum Gasteiger partial charge on any atom is -0.439 e. The lowest BCUT2D eigenvalue weighted by Crippen LogP contribution is -2.12. The minimum atomic E-state index is 0.655. The van der Waals surface area contributed by atoms with Gasteiger partial charge in [-0.25, -0.2) is 4.98 Å². The molecule has 1 heterocycles. The van der Waals surface area contributed by atoms with Crippen LogP contribution in [0.5, 0.6) is 11.6 Å². The highest BCUT2D eigenvalue weighted by atomic mass is 16.5. The molecule has 3 heteroatoms. The second-order valence-corrected chi connectivity index (χ2v) is 5.16. The molecule has 1 N–H and O–H groups in total. The van der Waals surface area contributed by atoms with Gasteiger partial charge in [0.05, 0.1) is 0 Å². The summed E-state index contributed by atoms with van der Waals surface area (Å²) in [5, 5.41) is 3.32. The normalized spacial score (nSPS) is 10.6. The molecule has 106 valence electrons. The van der Waals surface area contributed by atoms with Crippen LogP contribution in [0.2, 0.25) is 0 Å². The summed E-state index contributed by atoms with van der Waals surface area (Å²) in [6, 6.07) is 10.3. The number of pyridine rings is 1. The predicted molar refractivity (Wildman–Crippen MR) is 82.3 cm³/mol. The Kier molecular flexibility index (Phi) is 4.74. The summed E-state index contributed by atoms with van der Waals surface area (Å²) in [6.45, 7) is 10.0. The van der Waals surface area contributed by atoms with E-state index in [1.165, 1.54) is 16.7 Å². The molecule has 2 aromatic rings. The van der Waals surface area contributed by atoms with E-state index in [4.69, 9.17) is 4.74 Å². The molecule has 0 saturated heterocycles. The monoisotopic (exact) mass is 270 g/mol. The van der Waals surface area contributed by atoms with Crippen molar-refractivity contribution in [3.05, 3.63) is 52.7 Å². The van der Waals surface area contributed by atoms with Crippen LogP contribution in [0.15, 0.2) is 30.3 Å². The molecule has 0 bridgehead atoms. The molecule has 1 aromatic carbocycles. The zero-order valence-electron chi connectivity index (χ0n) is 12.7. The van der Waals surface area contributed by atoms with Crippen molar-refractivity contribution in [2.45, 2.75) is 34.2 Å². The van der Waals surface area contributed by atoms with Crippen LogP contribution in [0.1, 0.15) is 29.3 Å². The highest BCUT2D eigenvalue weighted by Gasteiger charge is 2.04. The molecule has 0 atom stereocenters. The number of aromatic nitrogens is 1. The molecule has 3 nitrogen and oxygen atoms in total. The van der Waals surface area contributed by atoms with Gasteiger partial charge in [-0.1, -0.05) is 13.0 Å². The molecule has 0 unspecified atom stereocenters. The fourth-order valence-corrected chi connectivity index (χ4v) is 2.24. The smallest absolute Gasteiger partial charge is 0.219 e. The van der Waals surface area contributed by atoms with Gasteiger partial charge in [-0.2, -0.15) is 0 Å². The predicted octanol–water partition coefficient (Wildman–Crippen LogP) is 3.91. The zero-order chi connectivity index (χ0) is 14.5. The quantitative estimate of drug-likeness (QED) is 0.894. The van der Waals surface area contributed by atoms with E-state index in [9.17, 15) is 0 Å². The van der Waals surface area contributed by atoms with Gasteiger partial charge in [0.25, 0.3) is 0 Å². The van der Waals surface area contributed by atoms with Crippen molar-refractivity contribution in [2.24, 2.45) is 0 Å². The number of benzene rings is 1. The van der Waals surface area contributed by atoms with Crippen LogP contribution >= 0.6 is 0 Å². The lowest BCUT2D eigenvalue weighted by atomic mass is 10.1. The van der Waals surface area contributed by atoms with E-state index in [0.717, 1.165) is 24.5 Å². The van der Waals surface area contributed by atoms with Crippen molar-refractivity contribution >= 4 is 0 Å². The maximum Gasteiger partial charge on any atom is 0.219 e. The Morgan fingerprint density at radius 1 is 1.00 bits per heavy atom. The van der Waals surface area contributed by atoms with E-state index >= 15 is 0 Å². The van der Waals surface area contributed by atoms with Crippen molar-refractivity contribution < 1.29 is 4.74 Å². The molecule has 0 aliphatic rings. The Bertz CT molecular complexity index is 573. The van der Waals surface area contributed by atoms with Crippen molar-refractivity contribution in [1.29, 1.82) is 0 Å². The third-order valence-corrected chi connectivity index (χ3v) is 2.99. The van der Waals surface area contributed by atoms with Gasteiger partial charge in [0.15, 0.2) is 0 Å². The molecule has 0 aliphatic heterocycles. The summed E-state index contributed by atoms with van der Waals surface area (Å²) in [5.41, 5.74) is 4.56. The molecular formula is C17H22N2O. The molecule has 0 saturated carbocycles. The lowest BCUT2D eigenvalue weighted by molar-refractivity contribution is 0.459. The topological polar surface area (TPSA) is 34.2 Å². The van der Waals surface area contributed by atoms with E-state index in [-0.39, 0.29) is 0 Å². The Hall–Kier alpha value is -1.87. The van der Waals surface area contributed by atoms with Crippen LogP contribution < -0.4 is 10.1 Å². The number of aryl methyl sites for hydroxylation is 3. The lowest BCUT2D eigenvalue weighted by Gasteiger charge is -2.10. The largest absolute Gasteiger partial charge is 0.439 e. The molecule has 0 radical (unpaired) electrons. The Labute approximate surface area is 121 Å². The fraction of sp³-hybridized carbons (Fsp3) is 0.353. The number of hydrogen-bond acceptors (Lipinski definition) is 3. The first-order valence-electron chi connectivity index (χ1n) is 7.01. The van der Waals surface area contributed by atoms with Gasteiger partial charge >= 0.3 is 0 Å². The molecule has 0 fully saturated rings. The van der Waals surface area contributed by atoms with Crippen molar-refractivity contribution in [1.82, 2.24) is 10.3 Å². The molecular weight excluding hydrogens is 248 g/mol. The van der Waals surface area contributed by atoms with E-state index in [2.05, 4.69) is 43.2 Å².